The van der Waals surface area contributed by atoms with Crippen molar-refractivity contribution in [2.75, 3.05) is 5.32 Å². The second-order valence-electron chi connectivity index (χ2n) is 4.19. The zero-order valence-electron chi connectivity index (χ0n) is 10.2. The first-order valence-corrected chi connectivity index (χ1v) is 5.83. The number of hydrogen-bond donors (Lipinski definition) is 1. The van der Waals surface area contributed by atoms with Crippen LogP contribution in [0.15, 0.2) is 48.8 Å². The Morgan fingerprint density at radius 1 is 1.15 bits per heavy atom. The molecule has 0 saturated heterocycles. The fraction of sp³-hybridized carbons (Fsp3) is 0. The Kier molecular flexibility index (Phi) is 2.90. The van der Waals surface area contributed by atoms with Gasteiger partial charge in [0.15, 0.2) is 0 Å². The molecule has 3 rings (SSSR count). The highest BCUT2D eigenvalue weighted by Crippen LogP contribution is 2.15. The first kappa shape index (κ1) is 12.3. The van der Waals surface area contributed by atoms with E-state index in [1.54, 1.807) is 35.1 Å². The van der Waals surface area contributed by atoms with Crippen LogP contribution in [-0.4, -0.2) is 15.5 Å². The normalized spacial score (nSPS) is 10.7. The Labute approximate surface area is 112 Å². The lowest BCUT2D eigenvalue weighted by atomic mass is 10.2. The number of aromatic nitrogens is 2. The molecule has 0 saturated carbocycles. The molecule has 100 valence electrons. The molecule has 20 heavy (non-hydrogen) atoms. The van der Waals surface area contributed by atoms with Gasteiger partial charge in [-0.3, -0.25) is 4.79 Å². The predicted molar refractivity (Wildman–Crippen MR) is 69.5 cm³/mol. The number of carbonyl (C=O) groups is 1. The molecule has 1 amide bonds. The Hall–Kier alpha value is -2.76. The van der Waals surface area contributed by atoms with Crippen molar-refractivity contribution in [3.8, 4) is 0 Å². The SMILES string of the molecule is O=C(Nc1ccn2nccc2c1)c1ccc(F)cc1F. The summed E-state index contributed by atoms with van der Waals surface area (Å²) in [5, 5.41) is 6.58. The number of fused-ring (bicyclic) bond motifs is 1. The molecule has 1 aromatic carbocycles. The minimum absolute atomic E-state index is 0.209. The Morgan fingerprint density at radius 2 is 2.00 bits per heavy atom. The Morgan fingerprint density at radius 3 is 2.80 bits per heavy atom. The van der Waals surface area contributed by atoms with Gasteiger partial charge in [0.2, 0.25) is 0 Å². The smallest absolute Gasteiger partial charge is 0.258 e. The molecule has 0 aliphatic heterocycles. The minimum atomic E-state index is -0.895. The summed E-state index contributed by atoms with van der Waals surface area (Å²) in [7, 11) is 0. The first-order valence-electron chi connectivity index (χ1n) is 5.83. The summed E-state index contributed by atoms with van der Waals surface area (Å²) in [5.41, 5.74) is 1.09. The van der Waals surface area contributed by atoms with Crippen molar-refractivity contribution < 1.29 is 13.6 Å². The number of rotatable bonds is 2. The molecule has 2 heterocycles. The van der Waals surface area contributed by atoms with E-state index in [0.29, 0.717) is 11.8 Å². The highest BCUT2D eigenvalue weighted by Gasteiger charge is 2.12. The van der Waals surface area contributed by atoms with Gasteiger partial charge in [0, 0.05) is 24.1 Å². The maximum atomic E-state index is 13.5. The molecule has 0 atom stereocenters. The second-order valence-corrected chi connectivity index (χ2v) is 4.19. The van der Waals surface area contributed by atoms with E-state index < -0.39 is 17.5 Å². The first-order chi connectivity index (χ1) is 9.63. The molecule has 0 bridgehead atoms. The van der Waals surface area contributed by atoms with Crippen LogP contribution in [0.25, 0.3) is 5.52 Å². The summed E-state index contributed by atoms with van der Waals surface area (Å²) in [6, 6.07) is 7.93. The minimum Gasteiger partial charge on any atom is -0.322 e. The fourth-order valence-electron chi connectivity index (χ4n) is 1.87. The van der Waals surface area contributed by atoms with Gasteiger partial charge in [-0.2, -0.15) is 5.10 Å². The van der Waals surface area contributed by atoms with Crippen molar-refractivity contribution >= 4 is 17.1 Å². The van der Waals surface area contributed by atoms with Crippen LogP contribution in [0.2, 0.25) is 0 Å². The van der Waals surface area contributed by atoms with Gasteiger partial charge in [-0.25, -0.2) is 13.3 Å². The molecule has 2 aromatic heterocycles. The van der Waals surface area contributed by atoms with E-state index in [1.165, 1.54) is 0 Å². The summed E-state index contributed by atoms with van der Waals surface area (Å²) in [4.78, 5) is 11.9. The van der Waals surface area contributed by atoms with Gasteiger partial charge < -0.3 is 5.32 Å². The molecule has 6 heteroatoms. The van der Waals surface area contributed by atoms with Gasteiger partial charge in [-0.15, -0.1) is 0 Å². The number of benzene rings is 1. The molecular weight excluding hydrogens is 264 g/mol. The molecule has 0 radical (unpaired) electrons. The van der Waals surface area contributed by atoms with E-state index in [-0.39, 0.29) is 5.56 Å². The number of hydrogen-bond acceptors (Lipinski definition) is 2. The third kappa shape index (κ3) is 2.23. The zero-order chi connectivity index (χ0) is 14.1. The van der Waals surface area contributed by atoms with E-state index in [1.807, 2.05) is 0 Å². The second kappa shape index (κ2) is 4.73. The number of carbonyl (C=O) groups excluding carboxylic acids is 1. The third-order valence-electron chi connectivity index (χ3n) is 2.83. The van der Waals surface area contributed by atoms with E-state index in [4.69, 9.17) is 0 Å². The summed E-state index contributed by atoms with van der Waals surface area (Å²) < 4.78 is 27.9. The van der Waals surface area contributed by atoms with Crippen LogP contribution < -0.4 is 5.32 Å². The molecule has 0 fully saturated rings. The van der Waals surface area contributed by atoms with Gasteiger partial charge in [-0.1, -0.05) is 0 Å². The van der Waals surface area contributed by atoms with Crippen LogP contribution in [0.4, 0.5) is 14.5 Å². The number of nitrogens with one attached hydrogen (secondary N) is 1. The standard InChI is InChI=1S/C14H9F2N3O/c15-9-1-2-12(13(16)7-9)14(20)18-10-4-6-19-11(8-10)3-5-17-19/h1-8H,(H,18,20). The Balaban J connectivity index is 1.87. The number of pyridine rings is 1. The average Bonchev–Trinajstić information content (AvgIpc) is 2.85. The van der Waals surface area contributed by atoms with Crippen LogP contribution in [0.1, 0.15) is 10.4 Å². The topological polar surface area (TPSA) is 46.4 Å². The maximum Gasteiger partial charge on any atom is 0.258 e. The molecule has 1 N–H and O–H groups in total. The predicted octanol–water partition coefficient (Wildman–Crippen LogP) is 2.86. The lowest BCUT2D eigenvalue weighted by molar-refractivity contribution is 0.102. The fourth-order valence-corrected chi connectivity index (χ4v) is 1.87. The van der Waals surface area contributed by atoms with E-state index >= 15 is 0 Å². The number of nitrogens with zero attached hydrogens (tertiary/aromatic N) is 2. The number of amides is 1. The molecular formula is C14H9F2N3O. The molecule has 3 aromatic rings. The van der Waals surface area contributed by atoms with Gasteiger partial charge in [-0.05, 0) is 30.3 Å². The third-order valence-corrected chi connectivity index (χ3v) is 2.83. The van der Waals surface area contributed by atoms with E-state index in [9.17, 15) is 13.6 Å². The molecule has 0 spiro atoms. The van der Waals surface area contributed by atoms with Gasteiger partial charge in [0.25, 0.3) is 5.91 Å². The van der Waals surface area contributed by atoms with Crippen LogP contribution >= 0.6 is 0 Å². The Bertz CT molecular complexity index is 798. The van der Waals surface area contributed by atoms with Crippen molar-refractivity contribution in [3.63, 3.8) is 0 Å². The lowest BCUT2D eigenvalue weighted by Gasteiger charge is -2.06. The molecule has 4 nitrogen and oxygen atoms in total. The quantitative estimate of drug-likeness (QED) is 0.780. The summed E-state index contributed by atoms with van der Waals surface area (Å²) in [6.07, 6.45) is 3.30. The van der Waals surface area contributed by atoms with Crippen molar-refractivity contribution in [1.82, 2.24) is 9.61 Å². The monoisotopic (exact) mass is 273 g/mol. The van der Waals surface area contributed by atoms with Crippen LogP contribution in [-0.2, 0) is 0 Å². The van der Waals surface area contributed by atoms with Crippen molar-refractivity contribution in [2.45, 2.75) is 0 Å². The number of anilines is 1. The summed E-state index contributed by atoms with van der Waals surface area (Å²) >= 11 is 0. The summed E-state index contributed by atoms with van der Waals surface area (Å²) in [6.45, 7) is 0. The van der Waals surface area contributed by atoms with Crippen molar-refractivity contribution in [3.05, 3.63) is 66.0 Å². The average molecular weight is 273 g/mol. The van der Waals surface area contributed by atoms with Crippen molar-refractivity contribution in [1.29, 1.82) is 0 Å². The van der Waals surface area contributed by atoms with Gasteiger partial charge >= 0.3 is 0 Å². The molecule has 0 aliphatic carbocycles. The molecule has 0 aliphatic rings. The van der Waals surface area contributed by atoms with E-state index in [0.717, 1.165) is 17.6 Å². The maximum absolute atomic E-state index is 13.5. The van der Waals surface area contributed by atoms with Gasteiger partial charge in [0.05, 0.1) is 11.1 Å². The molecule has 0 unspecified atom stereocenters. The number of halogens is 2. The zero-order valence-corrected chi connectivity index (χ0v) is 10.2. The van der Waals surface area contributed by atoms with E-state index in [2.05, 4.69) is 10.4 Å². The van der Waals surface area contributed by atoms with Crippen LogP contribution in [0.3, 0.4) is 0 Å². The van der Waals surface area contributed by atoms with Crippen LogP contribution in [0.5, 0.6) is 0 Å². The lowest BCUT2D eigenvalue weighted by Crippen LogP contribution is -2.14. The highest BCUT2D eigenvalue weighted by molar-refractivity contribution is 6.04. The largest absolute Gasteiger partial charge is 0.322 e. The summed E-state index contributed by atoms with van der Waals surface area (Å²) in [5.74, 6) is -2.25. The van der Waals surface area contributed by atoms with Gasteiger partial charge in [0.1, 0.15) is 11.6 Å². The highest BCUT2D eigenvalue weighted by atomic mass is 19.1. The van der Waals surface area contributed by atoms with Crippen LogP contribution in [0, 0.1) is 11.6 Å². The van der Waals surface area contributed by atoms with Crippen molar-refractivity contribution in [2.24, 2.45) is 0 Å².